The number of esters is 1. The number of hydrogen-bond donors (Lipinski definition) is 0. The van der Waals surface area contributed by atoms with Gasteiger partial charge in [-0.15, -0.1) is 0 Å². The number of pyridine rings is 1. The number of carbonyl (C=O) groups excluding carboxylic acids is 1. The Kier molecular flexibility index (Phi) is 6.53. The molecule has 180 valence electrons. The van der Waals surface area contributed by atoms with Gasteiger partial charge >= 0.3 is 5.97 Å². The number of aromatic nitrogens is 2. The molecule has 1 aliphatic rings. The highest BCUT2D eigenvalue weighted by Gasteiger charge is 2.44. The van der Waals surface area contributed by atoms with Crippen LogP contribution in [-0.4, -0.2) is 41.8 Å². The Hall–Kier alpha value is -3.68. The standard InChI is InChI=1S/C28H28N2O5/c1-18-19(2)30-15-14-22-24(33-17-16-32-3)26(35-28(31)21-12-8-5-9-13-21)23(20-10-6-4-7-11-20)34-25(22)27(30)29-18/h4-15,23-24,26H,16-17H2,1-3H3/t23-,24+,26-/m1/s1. The van der Waals surface area contributed by atoms with E-state index in [1.807, 2.05) is 79.0 Å². The van der Waals surface area contributed by atoms with Crippen molar-refractivity contribution in [1.29, 1.82) is 0 Å². The van der Waals surface area contributed by atoms with Crippen LogP contribution in [0.4, 0.5) is 0 Å². The van der Waals surface area contributed by atoms with Crippen LogP contribution in [0.1, 0.15) is 45.1 Å². The maximum atomic E-state index is 13.2. The largest absolute Gasteiger partial charge is 0.477 e. The summed E-state index contributed by atoms with van der Waals surface area (Å²) < 4.78 is 26.3. The van der Waals surface area contributed by atoms with Crippen molar-refractivity contribution < 1.29 is 23.7 Å². The fourth-order valence-corrected chi connectivity index (χ4v) is 4.44. The van der Waals surface area contributed by atoms with Gasteiger partial charge in [0.2, 0.25) is 0 Å². The molecule has 7 nitrogen and oxygen atoms in total. The summed E-state index contributed by atoms with van der Waals surface area (Å²) in [6.07, 6.45) is 0.0638. The van der Waals surface area contributed by atoms with Crippen molar-refractivity contribution in [2.75, 3.05) is 20.3 Å². The zero-order chi connectivity index (χ0) is 24.4. The van der Waals surface area contributed by atoms with Crippen molar-refractivity contribution in [2.24, 2.45) is 0 Å². The smallest absolute Gasteiger partial charge is 0.338 e. The molecule has 2 aromatic carbocycles. The van der Waals surface area contributed by atoms with Crippen molar-refractivity contribution in [3.63, 3.8) is 0 Å². The number of aryl methyl sites for hydroxylation is 2. The predicted molar refractivity (Wildman–Crippen MR) is 131 cm³/mol. The van der Waals surface area contributed by atoms with Gasteiger partial charge in [-0.25, -0.2) is 9.78 Å². The number of fused-ring (bicyclic) bond motifs is 3. The third kappa shape index (κ3) is 4.40. The lowest BCUT2D eigenvalue weighted by Gasteiger charge is -2.39. The van der Waals surface area contributed by atoms with E-state index in [0.29, 0.717) is 30.2 Å². The molecule has 0 aliphatic carbocycles. The minimum atomic E-state index is -0.728. The molecule has 0 saturated carbocycles. The molecule has 3 atom stereocenters. The van der Waals surface area contributed by atoms with Crippen LogP contribution in [-0.2, 0) is 14.2 Å². The van der Waals surface area contributed by atoms with E-state index in [4.69, 9.17) is 23.9 Å². The van der Waals surface area contributed by atoms with Crippen molar-refractivity contribution in [3.8, 4) is 5.75 Å². The number of hydrogen-bond acceptors (Lipinski definition) is 6. The Morgan fingerprint density at radius 1 is 1.00 bits per heavy atom. The molecule has 3 heterocycles. The third-order valence-electron chi connectivity index (χ3n) is 6.37. The Labute approximate surface area is 204 Å². The summed E-state index contributed by atoms with van der Waals surface area (Å²) in [6, 6.07) is 20.7. The van der Waals surface area contributed by atoms with Crippen molar-refractivity contribution in [1.82, 2.24) is 9.38 Å². The first-order valence-corrected chi connectivity index (χ1v) is 11.6. The maximum Gasteiger partial charge on any atom is 0.338 e. The molecule has 0 unspecified atom stereocenters. The first kappa shape index (κ1) is 23.1. The predicted octanol–water partition coefficient (Wildman–Crippen LogP) is 5.01. The second kappa shape index (κ2) is 9.90. The van der Waals surface area contributed by atoms with Crippen LogP contribution in [0.15, 0.2) is 72.9 Å². The van der Waals surface area contributed by atoms with Crippen LogP contribution in [0.5, 0.6) is 5.75 Å². The molecule has 5 rings (SSSR count). The van der Waals surface area contributed by atoms with E-state index in [1.54, 1.807) is 19.2 Å². The van der Waals surface area contributed by atoms with Crippen molar-refractivity contribution >= 4 is 11.6 Å². The molecule has 7 heteroatoms. The Balaban J connectivity index is 1.63. The number of methoxy groups -OCH3 is 1. The Morgan fingerprint density at radius 3 is 2.43 bits per heavy atom. The zero-order valence-electron chi connectivity index (χ0n) is 20.0. The number of rotatable bonds is 7. The summed E-state index contributed by atoms with van der Waals surface area (Å²) in [5.74, 6) is 0.199. The molecule has 0 fully saturated rings. The van der Waals surface area contributed by atoms with E-state index in [2.05, 4.69) is 0 Å². The molecular formula is C28H28N2O5. The van der Waals surface area contributed by atoms with Gasteiger partial charge in [0.25, 0.3) is 0 Å². The second-order valence-electron chi connectivity index (χ2n) is 8.55. The van der Waals surface area contributed by atoms with E-state index in [9.17, 15) is 4.79 Å². The van der Waals surface area contributed by atoms with Gasteiger partial charge in [0, 0.05) is 24.6 Å². The minimum Gasteiger partial charge on any atom is -0.477 e. The fraction of sp³-hybridized carbons (Fsp3) is 0.286. The van der Waals surface area contributed by atoms with Gasteiger partial charge in [-0.3, -0.25) is 0 Å². The van der Waals surface area contributed by atoms with Gasteiger partial charge in [0.15, 0.2) is 23.6 Å². The van der Waals surface area contributed by atoms with Crippen molar-refractivity contribution in [2.45, 2.75) is 32.2 Å². The molecule has 0 saturated heterocycles. The molecule has 0 amide bonds. The van der Waals surface area contributed by atoms with Crippen LogP contribution < -0.4 is 4.74 Å². The van der Waals surface area contributed by atoms with Crippen LogP contribution in [0.3, 0.4) is 0 Å². The first-order valence-electron chi connectivity index (χ1n) is 11.6. The summed E-state index contributed by atoms with van der Waals surface area (Å²) >= 11 is 0. The molecule has 2 aromatic heterocycles. The molecule has 0 spiro atoms. The SMILES string of the molecule is COCCO[C@H]1c2ccn3c(C)c(C)nc3c2O[C@H](c2ccccc2)[C@H]1OC(=O)c1ccccc1. The van der Waals surface area contributed by atoms with E-state index >= 15 is 0 Å². The normalized spacial score (nSPS) is 19.2. The van der Waals surface area contributed by atoms with E-state index in [0.717, 1.165) is 22.5 Å². The Bertz CT molecular complexity index is 1320. The van der Waals surface area contributed by atoms with Gasteiger partial charge in [-0.05, 0) is 37.6 Å². The molecular weight excluding hydrogens is 444 g/mol. The number of carbonyl (C=O) groups is 1. The number of imidazole rings is 1. The summed E-state index contributed by atoms with van der Waals surface area (Å²) in [5.41, 5.74) is 4.82. The van der Waals surface area contributed by atoms with Gasteiger partial charge in [-0.2, -0.15) is 0 Å². The minimum absolute atomic E-state index is 0.333. The summed E-state index contributed by atoms with van der Waals surface area (Å²) in [6.45, 7) is 4.74. The highest BCUT2D eigenvalue weighted by molar-refractivity contribution is 5.89. The van der Waals surface area contributed by atoms with E-state index < -0.39 is 24.3 Å². The summed E-state index contributed by atoms with van der Waals surface area (Å²) in [4.78, 5) is 17.9. The lowest BCUT2D eigenvalue weighted by molar-refractivity contribution is -0.115. The maximum absolute atomic E-state index is 13.2. The van der Waals surface area contributed by atoms with Crippen LogP contribution in [0.25, 0.3) is 5.65 Å². The molecule has 4 aromatic rings. The monoisotopic (exact) mass is 472 g/mol. The zero-order valence-corrected chi connectivity index (χ0v) is 20.0. The fourth-order valence-electron chi connectivity index (χ4n) is 4.44. The average Bonchev–Trinajstić information content (AvgIpc) is 3.19. The highest BCUT2D eigenvalue weighted by Crippen LogP contribution is 2.46. The van der Waals surface area contributed by atoms with Crippen molar-refractivity contribution in [3.05, 3.63) is 101 Å². The highest BCUT2D eigenvalue weighted by atomic mass is 16.6. The van der Waals surface area contributed by atoms with E-state index in [-0.39, 0.29) is 0 Å². The summed E-state index contributed by atoms with van der Waals surface area (Å²) in [7, 11) is 1.63. The lowest BCUT2D eigenvalue weighted by atomic mass is 9.92. The molecule has 0 bridgehead atoms. The van der Waals surface area contributed by atoms with Gasteiger partial charge in [0.05, 0.1) is 24.5 Å². The number of ether oxygens (including phenoxy) is 4. The molecule has 1 aliphatic heterocycles. The second-order valence-corrected chi connectivity index (χ2v) is 8.55. The first-order chi connectivity index (χ1) is 17.1. The van der Waals surface area contributed by atoms with Gasteiger partial charge < -0.3 is 23.3 Å². The molecule has 0 radical (unpaired) electrons. The summed E-state index contributed by atoms with van der Waals surface area (Å²) in [5, 5.41) is 0. The number of benzene rings is 2. The topological polar surface area (TPSA) is 71.3 Å². The third-order valence-corrected chi connectivity index (χ3v) is 6.37. The van der Waals surface area contributed by atoms with Gasteiger partial charge in [0.1, 0.15) is 6.10 Å². The van der Waals surface area contributed by atoms with Crippen LogP contribution in [0.2, 0.25) is 0 Å². The molecule has 35 heavy (non-hydrogen) atoms. The number of nitrogens with zero attached hydrogens (tertiary/aromatic N) is 2. The molecule has 0 N–H and O–H groups in total. The average molecular weight is 473 g/mol. The van der Waals surface area contributed by atoms with Gasteiger partial charge in [-0.1, -0.05) is 48.5 Å². The quantitative estimate of drug-likeness (QED) is 0.278. The van der Waals surface area contributed by atoms with Crippen LogP contribution >= 0.6 is 0 Å². The van der Waals surface area contributed by atoms with Crippen LogP contribution in [0, 0.1) is 13.8 Å². The van der Waals surface area contributed by atoms with E-state index in [1.165, 1.54) is 0 Å². The lowest BCUT2D eigenvalue weighted by Crippen LogP contribution is -2.40. The Morgan fingerprint density at radius 2 is 1.71 bits per heavy atom.